The highest BCUT2D eigenvalue weighted by Gasteiger charge is 2.09. The van der Waals surface area contributed by atoms with Crippen molar-refractivity contribution >= 4 is 18.4 Å². The van der Waals surface area contributed by atoms with Crippen molar-refractivity contribution in [3.8, 4) is 5.75 Å². The van der Waals surface area contributed by atoms with Crippen LogP contribution in [0, 0.1) is 0 Å². The van der Waals surface area contributed by atoms with Gasteiger partial charge in [0.05, 0.1) is 6.61 Å². The van der Waals surface area contributed by atoms with Gasteiger partial charge in [0.2, 0.25) is 0 Å². The van der Waals surface area contributed by atoms with Crippen LogP contribution < -0.4 is 10.5 Å². The van der Waals surface area contributed by atoms with Crippen molar-refractivity contribution in [3.05, 3.63) is 29.8 Å². The Hall–Kier alpha value is -1.26. The van der Waals surface area contributed by atoms with Gasteiger partial charge in [-0.3, -0.25) is 0 Å². The Bertz CT molecular complexity index is 317. The molecule has 0 radical (unpaired) electrons. The zero-order valence-electron chi connectivity index (χ0n) is 8.18. The zero-order valence-corrected chi connectivity index (χ0v) is 9.00. The zero-order chi connectivity index (χ0) is 10.4. The molecule has 1 aromatic rings. The van der Waals surface area contributed by atoms with E-state index in [1.165, 1.54) is 6.07 Å². The molecule has 1 rings (SSSR count). The van der Waals surface area contributed by atoms with Crippen LogP contribution in [0.15, 0.2) is 24.3 Å². The smallest absolute Gasteiger partial charge is 0.339 e. The van der Waals surface area contributed by atoms with Crippen molar-refractivity contribution in [2.75, 3.05) is 13.2 Å². The maximum absolute atomic E-state index is 10.7. The van der Waals surface area contributed by atoms with E-state index in [0.717, 1.165) is 0 Å². The molecule has 1 aromatic carbocycles. The van der Waals surface area contributed by atoms with Crippen molar-refractivity contribution in [2.24, 2.45) is 5.73 Å². The second-order valence-corrected chi connectivity index (χ2v) is 2.79. The summed E-state index contributed by atoms with van der Waals surface area (Å²) in [6.07, 6.45) is 0.716. The minimum atomic E-state index is -0.978. The van der Waals surface area contributed by atoms with E-state index in [1.54, 1.807) is 18.2 Å². The first kappa shape index (κ1) is 13.7. The van der Waals surface area contributed by atoms with Crippen LogP contribution in [0.4, 0.5) is 0 Å². The van der Waals surface area contributed by atoms with E-state index >= 15 is 0 Å². The van der Waals surface area contributed by atoms with Gasteiger partial charge in [0.15, 0.2) is 0 Å². The number of hydrogen-bond donors (Lipinski definition) is 2. The number of nitrogens with two attached hydrogens (primary N) is 1. The van der Waals surface area contributed by atoms with Crippen LogP contribution in [-0.4, -0.2) is 24.2 Å². The molecule has 0 atom stereocenters. The molecule has 0 bridgehead atoms. The lowest BCUT2D eigenvalue weighted by Gasteiger charge is -2.07. The summed E-state index contributed by atoms with van der Waals surface area (Å²) in [4.78, 5) is 10.7. The molecule has 0 spiro atoms. The van der Waals surface area contributed by atoms with E-state index in [9.17, 15) is 4.79 Å². The molecule has 0 fully saturated rings. The van der Waals surface area contributed by atoms with Crippen molar-refractivity contribution in [2.45, 2.75) is 6.42 Å². The third-order valence-corrected chi connectivity index (χ3v) is 1.72. The maximum Gasteiger partial charge on any atom is 0.339 e. The number of para-hydroxylation sites is 1. The van der Waals surface area contributed by atoms with Gasteiger partial charge in [-0.05, 0) is 25.1 Å². The van der Waals surface area contributed by atoms with E-state index in [1.807, 2.05) is 0 Å². The summed E-state index contributed by atoms with van der Waals surface area (Å²) in [5.74, 6) is -0.582. The van der Waals surface area contributed by atoms with Gasteiger partial charge in [-0.1, -0.05) is 12.1 Å². The van der Waals surface area contributed by atoms with Crippen molar-refractivity contribution in [3.63, 3.8) is 0 Å². The molecule has 15 heavy (non-hydrogen) atoms. The van der Waals surface area contributed by atoms with Gasteiger partial charge in [-0.15, -0.1) is 12.4 Å². The van der Waals surface area contributed by atoms with Crippen LogP contribution in [0.5, 0.6) is 5.75 Å². The van der Waals surface area contributed by atoms with Crippen LogP contribution in [-0.2, 0) is 0 Å². The Morgan fingerprint density at radius 3 is 2.67 bits per heavy atom. The molecule has 0 aromatic heterocycles. The van der Waals surface area contributed by atoms with E-state index < -0.39 is 5.97 Å². The van der Waals surface area contributed by atoms with E-state index in [0.29, 0.717) is 25.3 Å². The lowest BCUT2D eigenvalue weighted by atomic mass is 10.2. The van der Waals surface area contributed by atoms with Crippen LogP contribution >= 0.6 is 12.4 Å². The lowest BCUT2D eigenvalue weighted by Crippen LogP contribution is -2.08. The standard InChI is InChI=1S/C10H13NO3.ClH/c11-6-3-7-14-9-5-2-1-4-8(9)10(12)13;/h1-2,4-5H,3,6-7,11H2,(H,12,13);1H. The molecule has 0 saturated heterocycles. The average molecular weight is 232 g/mol. The number of ether oxygens (including phenoxy) is 1. The summed E-state index contributed by atoms with van der Waals surface area (Å²) in [5.41, 5.74) is 5.48. The van der Waals surface area contributed by atoms with E-state index in [2.05, 4.69) is 0 Å². The molecule has 0 saturated carbocycles. The Labute approximate surface area is 94.5 Å². The number of carboxylic acids is 1. The molecule has 4 nitrogen and oxygen atoms in total. The van der Waals surface area contributed by atoms with Gasteiger partial charge in [0.1, 0.15) is 11.3 Å². The van der Waals surface area contributed by atoms with Crippen molar-refractivity contribution < 1.29 is 14.6 Å². The fourth-order valence-corrected chi connectivity index (χ4v) is 1.03. The maximum atomic E-state index is 10.7. The molecule has 5 heteroatoms. The SMILES string of the molecule is Cl.NCCCOc1ccccc1C(=O)O. The monoisotopic (exact) mass is 231 g/mol. The normalized spacial score (nSPS) is 9.13. The van der Waals surface area contributed by atoms with Gasteiger partial charge < -0.3 is 15.6 Å². The van der Waals surface area contributed by atoms with Crippen LogP contribution in [0.3, 0.4) is 0 Å². The van der Waals surface area contributed by atoms with Crippen LogP contribution in [0.2, 0.25) is 0 Å². The summed E-state index contributed by atoms with van der Waals surface area (Å²) in [7, 11) is 0. The Kier molecular flexibility index (Phi) is 6.49. The number of benzene rings is 1. The number of hydrogen-bond acceptors (Lipinski definition) is 3. The van der Waals surface area contributed by atoms with Gasteiger partial charge in [0.25, 0.3) is 0 Å². The fraction of sp³-hybridized carbons (Fsp3) is 0.300. The quantitative estimate of drug-likeness (QED) is 0.754. The Morgan fingerprint density at radius 1 is 1.40 bits per heavy atom. The van der Waals surface area contributed by atoms with Gasteiger partial charge >= 0.3 is 5.97 Å². The third kappa shape index (κ3) is 4.18. The Balaban J connectivity index is 0.00000196. The van der Waals surface area contributed by atoms with Gasteiger partial charge in [0, 0.05) is 0 Å². The molecule has 0 aliphatic rings. The van der Waals surface area contributed by atoms with Crippen LogP contribution in [0.25, 0.3) is 0 Å². The molecule has 0 heterocycles. The first-order valence-corrected chi connectivity index (χ1v) is 4.41. The summed E-state index contributed by atoms with van der Waals surface area (Å²) in [6.45, 7) is 0.982. The summed E-state index contributed by atoms with van der Waals surface area (Å²) >= 11 is 0. The van der Waals surface area contributed by atoms with Crippen molar-refractivity contribution in [1.82, 2.24) is 0 Å². The first-order chi connectivity index (χ1) is 6.75. The predicted octanol–water partition coefficient (Wildman–Crippen LogP) is 1.53. The average Bonchev–Trinajstić information content (AvgIpc) is 2.19. The molecule has 3 N–H and O–H groups in total. The lowest BCUT2D eigenvalue weighted by molar-refractivity contribution is 0.0692. The highest BCUT2D eigenvalue weighted by molar-refractivity contribution is 5.90. The minimum Gasteiger partial charge on any atom is -0.493 e. The molecule has 84 valence electrons. The molecule has 0 aliphatic carbocycles. The van der Waals surface area contributed by atoms with Gasteiger partial charge in [-0.2, -0.15) is 0 Å². The molecular formula is C10H14ClNO3. The second kappa shape index (κ2) is 7.09. The second-order valence-electron chi connectivity index (χ2n) is 2.79. The number of aromatic carboxylic acids is 1. The van der Waals surface area contributed by atoms with Crippen LogP contribution in [0.1, 0.15) is 16.8 Å². The molecule has 0 aliphatic heterocycles. The fourth-order valence-electron chi connectivity index (χ4n) is 1.03. The highest BCUT2D eigenvalue weighted by atomic mass is 35.5. The summed E-state index contributed by atoms with van der Waals surface area (Å²) in [6, 6.07) is 6.56. The van der Waals surface area contributed by atoms with Crippen molar-refractivity contribution in [1.29, 1.82) is 0 Å². The molecule has 0 unspecified atom stereocenters. The minimum absolute atomic E-state index is 0. The first-order valence-electron chi connectivity index (χ1n) is 4.41. The number of halogens is 1. The third-order valence-electron chi connectivity index (χ3n) is 1.72. The number of carbonyl (C=O) groups is 1. The molecule has 0 amide bonds. The predicted molar refractivity (Wildman–Crippen MR) is 59.8 cm³/mol. The van der Waals surface area contributed by atoms with E-state index in [4.69, 9.17) is 15.6 Å². The largest absolute Gasteiger partial charge is 0.493 e. The number of rotatable bonds is 5. The van der Waals surface area contributed by atoms with E-state index in [-0.39, 0.29) is 18.0 Å². The highest BCUT2D eigenvalue weighted by Crippen LogP contribution is 2.17. The van der Waals surface area contributed by atoms with Gasteiger partial charge in [-0.25, -0.2) is 4.79 Å². The molecular weight excluding hydrogens is 218 g/mol. The topological polar surface area (TPSA) is 72.5 Å². The summed E-state index contributed by atoms with van der Waals surface area (Å²) < 4.78 is 5.28. The Morgan fingerprint density at radius 2 is 2.07 bits per heavy atom. The summed E-state index contributed by atoms with van der Waals surface area (Å²) in [5, 5.41) is 8.82. The number of carboxylic acid groups (broad SMARTS) is 1.